The fourth-order valence-electron chi connectivity index (χ4n) is 1.66. The van der Waals surface area contributed by atoms with Gasteiger partial charge in [0.15, 0.2) is 0 Å². The van der Waals surface area contributed by atoms with E-state index in [1.54, 1.807) is 6.07 Å². The van der Waals surface area contributed by atoms with E-state index in [0.29, 0.717) is 21.6 Å². The molecule has 0 aromatic heterocycles. The minimum absolute atomic E-state index is 0.451. The number of benzene rings is 2. The second-order valence-electron chi connectivity index (χ2n) is 3.63. The second kappa shape index (κ2) is 5.28. The highest BCUT2D eigenvalue weighted by molar-refractivity contribution is 6.42. The molecule has 0 radical (unpaired) electrons. The summed E-state index contributed by atoms with van der Waals surface area (Å²) in [6.07, 6.45) is 0. The molecule has 4 heteroatoms. The summed E-state index contributed by atoms with van der Waals surface area (Å²) < 4.78 is 0. The molecule has 0 heterocycles. The molecule has 0 fully saturated rings. The smallest absolute Gasteiger partial charge is 0.0598 e. The lowest BCUT2D eigenvalue weighted by molar-refractivity contribution is 1.07. The predicted octanol–water partition coefficient (Wildman–Crippen LogP) is 4.77. The number of hydrogen-bond acceptors (Lipinski definition) is 1. The van der Waals surface area contributed by atoms with E-state index >= 15 is 0 Å². The van der Waals surface area contributed by atoms with Crippen molar-refractivity contribution in [1.29, 1.82) is 0 Å². The SMILES string of the molecule is NCc1ccc(Cl)cc1-c1ccc(Cl)c(Cl)c1. The summed E-state index contributed by atoms with van der Waals surface area (Å²) in [5, 5.41) is 1.72. The summed E-state index contributed by atoms with van der Waals surface area (Å²) in [6.45, 7) is 0.451. The molecule has 0 unspecified atom stereocenters. The number of halogens is 3. The Bertz CT molecular complexity index is 552. The van der Waals surface area contributed by atoms with Gasteiger partial charge in [0.05, 0.1) is 10.0 Å². The van der Waals surface area contributed by atoms with Crippen LogP contribution in [0.3, 0.4) is 0 Å². The molecule has 88 valence electrons. The molecule has 2 aromatic rings. The van der Waals surface area contributed by atoms with Crippen LogP contribution in [0.15, 0.2) is 36.4 Å². The van der Waals surface area contributed by atoms with Crippen LogP contribution in [-0.2, 0) is 6.54 Å². The first-order valence-corrected chi connectivity index (χ1v) is 6.19. The first kappa shape index (κ1) is 12.7. The van der Waals surface area contributed by atoms with Gasteiger partial charge in [-0.2, -0.15) is 0 Å². The van der Waals surface area contributed by atoms with Crippen LogP contribution >= 0.6 is 34.8 Å². The van der Waals surface area contributed by atoms with E-state index in [1.807, 2.05) is 30.3 Å². The van der Waals surface area contributed by atoms with Gasteiger partial charge in [-0.25, -0.2) is 0 Å². The van der Waals surface area contributed by atoms with E-state index in [2.05, 4.69) is 0 Å². The average molecular weight is 287 g/mol. The van der Waals surface area contributed by atoms with Crippen LogP contribution in [0.25, 0.3) is 11.1 Å². The van der Waals surface area contributed by atoms with E-state index in [-0.39, 0.29) is 0 Å². The van der Waals surface area contributed by atoms with Crippen molar-refractivity contribution in [3.8, 4) is 11.1 Å². The first-order chi connectivity index (χ1) is 8.11. The zero-order chi connectivity index (χ0) is 12.4. The van der Waals surface area contributed by atoms with Crippen molar-refractivity contribution in [2.24, 2.45) is 5.73 Å². The molecule has 0 spiro atoms. The molecule has 17 heavy (non-hydrogen) atoms. The predicted molar refractivity (Wildman–Crippen MR) is 74.8 cm³/mol. The fraction of sp³-hybridized carbons (Fsp3) is 0.0769. The van der Waals surface area contributed by atoms with Gasteiger partial charge in [0.1, 0.15) is 0 Å². The van der Waals surface area contributed by atoms with Crippen molar-refractivity contribution in [2.75, 3.05) is 0 Å². The Morgan fingerprint density at radius 2 is 1.65 bits per heavy atom. The third-order valence-electron chi connectivity index (χ3n) is 2.52. The molecule has 1 nitrogen and oxygen atoms in total. The van der Waals surface area contributed by atoms with E-state index < -0.39 is 0 Å². The minimum atomic E-state index is 0.451. The number of rotatable bonds is 2. The largest absolute Gasteiger partial charge is 0.326 e. The summed E-state index contributed by atoms with van der Waals surface area (Å²) in [6, 6.07) is 11.1. The molecule has 2 N–H and O–H groups in total. The van der Waals surface area contributed by atoms with Crippen LogP contribution in [0.2, 0.25) is 15.1 Å². The highest BCUT2D eigenvalue weighted by Gasteiger charge is 2.07. The maximum Gasteiger partial charge on any atom is 0.0598 e. The summed E-state index contributed by atoms with van der Waals surface area (Å²) in [7, 11) is 0. The van der Waals surface area contributed by atoms with Gasteiger partial charge in [0, 0.05) is 11.6 Å². The quantitative estimate of drug-likeness (QED) is 0.845. The van der Waals surface area contributed by atoms with Gasteiger partial charge < -0.3 is 5.73 Å². The van der Waals surface area contributed by atoms with Gasteiger partial charge in [0.25, 0.3) is 0 Å². The summed E-state index contributed by atoms with van der Waals surface area (Å²) >= 11 is 17.9. The Hall–Kier alpha value is -0.730. The molecule has 0 aliphatic heterocycles. The van der Waals surface area contributed by atoms with Crippen LogP contribution in [0, 0.1) is 0 Å². The molecule has 0 saturated heterocycles. The van der Waals surface area contributed by atoms with Crippen LogP contribution < -0.4 is 5.73 Å². The Balaban J connectivity index is 2.58. The van der Waals surface area contributed by atoms with Crippen LogP contribution in [0.5, 0.6) is 0 Å². The molecule has 0 bridgehead atoms. The van der Waals surface area contributed by atoms with Crippen LogP contribution in [0.1, 0.15) is 5.56 Å². The molecule has 0 aliphatic rings. The zero-order valence-electron chi connectivity index (χ0n) is 8.88. The van der Waals surface area contributed by atoms with Gasteiger partial charge in [-0.15, -0.1) is 0 Å². The van der Waals surface area contributed by atoms with E-state index in [9.17, 15) is 0 Å². The Morgan fingerprint density at radius 1 is 0.882 bits per heavy atom. The third-order valence-corrected chi connectivity index (χ3v) is 3.50. The minimum Gasteiger partial charge on any atom is -0.326 e. The van der Waals surface area contributed by atoms with Crippen molar-refractivity contribution >= 4 is 34.8 Å². The highest BCUT2D eigenvalue weighted by atomic mass is 35.5. The Kier molecular flexibility index (Phi) is 3.95. The van der Waals surface area contributed by atoms with Crippen molar-refractivity contribution in [2.45, 2.75) is 6.54 Å². The van der Waals surface area contributed by atoms with E-state index in [1.165, 1.54) is 0 Å². The Labute approximate surface area is 115 Å². The van der Waals surface area contributed by atoms with Gasteiger partial charge in [-0.05, 0) is 41.0 Å². The third kappa shape index (κ3) is 2.75. The molecule has 0 atom stereocenters. The molecule has 2 aromatic carbocycles. The molecule has 0 saturated carbocycles. The molecule has 0 amide bonds. The van der Waals surface area contributed by atoms with Gasteiger partial charge >= 0.3 is 0 Å². The number of hydrogen-bond donors (Lipinski definition) is 1. The van der Waals surface area contributed by atoms with Crippen molar-refractivity contribution in [3.63, 3.8) is 0 Å². The zero-order valence-corrected chi connectivity index (χ0v) is 11.2. The summed E-state index contributed by atoms with van der Waals surface area (Å²) in [4.78, 5) is 0. The summed E-state index contributed by atoms with van der Waals surface area (Å²) in [5.74, 6) is 0. The van der Waals surface area contributed by atoms with Crippen LogP contribution in [-0.4, -0.2) is 0 Å². The fourth-order valence-corrected chi connectivity index (χ4v) is 2.13. The van der Waals surface area contributed by atoms with Crippen LogP contribution in [0.4, 0.5) is 0 Å². The highest BCUT2D eigenvalue weighted by Crippen LogP contribution is 2.31. The molecular weight excluding hydrogens is 277 g/mol. The molecule has 2 rings (SSSR count). The second-order valence-corrected chi connectivity index (χ2v) is 4.89. The van der Waals surface area contributed by atoms with Crippen molar-refractivity contribution < 1.29 is 0 Å². The van der Waals surface area contributed by atoms with Crippen molar-refractivity contribution in [3.05, 3.63) is 57.0 Å². The number of nitrogens with two attached hydrogens (primary N) is 1. The van der Waals surface area contributed by atoms with Gasteiger partial charge in [-0.1, -0.05) is 46.9 Å². The Morgan fingerprint density at radius 3 is 2.29 bits per heavy atom. The van der Waals surface area contributed by atoms with E-state index in [0.717, 1.165) is 16.7 Å². The maximum absolute atomic E-state index is 6.00. The normalized spacial score (nSPS) is 10.6. The first-order valence-electron chi connectivity index (χ1n) is 5.05. The van der Waals surface area contributed by atoms with Gasteiger partial charge in [0.2, 0.25) is 0 Å². The standard InChI is InChI=1S/C13H10Cl3N/c14-10-3-1-9(7-17)11(6-10)8-2-4-12(15)13(16)5-8/h1-6H,7,17H2. The lowest BCUT2D eigenvalue weighted by Crippen LogP contribution is -1.98. The van der Waals surface area contributed by atoms with Crippen molar-refractivity contribution in [1.82, 2.24) is 0 Å². The van der Waals surface area contributed by atoms with Gasteiger partial charge in [-0.3, -0.25) is 0 Å². The lowest BCUT2D eigenvalue weighted by Gasteiger charge is -2.09. The van der Waals surface area contributed by atoms with E-state index in [4.69, 9.17) is 40.5 Å². The maximum atomic E-state index is 6.00. The monoisotopic (exact) mass is 285 g/mol. The molecule has 0 aliphatic carbocycles. The summed E-state index contributed by atoms with van der Waals surface area (Å²) in [5.41, 5.74) is 8.67. The average Bonchev–Trinajstić information content (AvgIpc) is 2.32. The molecular formula is C13H10Cl3N. The lowest BCUT2D eigenvalue weighted by atomic mass is 10.00. The topological polar surface area (TPSA) is 26.0 Å².